The highest BCUT2D eigenvalue weighted by Gasteiger charge is 2.51. The van der Waals surface area contributed by atoms with Crippen LogP contribution < -0.4 is 11.1 Å². The lowest BCUT2D eigenvalue weighted by atomic mass is 9.53. The van der Waals surface area contributed by atoms with E-state index in [-0.39, 0.29) is 11.6 Å². The number of nitrogens with two attached hydrogens (primary N) is 1. The lowest BCUT2D eigenvalue weighted by Gasteiger charge is -2.57. The molecule has 4 aliphatic carbocycles. The molecule has 2 amide bonds. The van der Waals surface area contributed by atoms with Gasteiger partial charge in [0.05, 0.1) is 0 Å². The van der Waals surface area contributed by atoms with Gasteiger partial charge in [-0.1, -0.05) is 6.92 Å². The molecule has 0 aromatic rings. The van der Waals surface area contributed by atoms with E-state index in [9.17, 15) is 4.79 Å². The molecule has 4 fully saturated rings. The van der Waals surface area contributed by atoms with Crippen molar-refractivity contribution < 1.29 is 4.79 Å². The SMILES string of the molecule is CC(CN)CN(C)C(=O)NC12CC3CC(CC(C3)C1)C2. The smallest absolute Gasteiger partial charge is 0.317 e. The second kappa shape index (κ2) is 5.21. The molecule has 0 aliphatic heterocycles. The molecule has 3 N–H and O–H groups in total. The molecule has 4 rings (SSSR count). The van der Waals surface area contributed by atoms with Crippen LogP contribution in [0.3, 0.4) is 0 Å². The van der Waals surface area contributed by atoms with E-state index in [0.717, 1.165) is 24.3 Å². The highest BCUT2D eigenvalue weighted by Crippen LogP contribution is 2.55. The number of urea groups is 1. The molecule has 20 heavy (non-hydrogen) atoms. The first kappa shape index (κ1) is 14.2. The van der Waals surface area contributed by atoms with Gasteiger partial charge in [0.2, 0.25) is 0 Å². The fourth-order valence-electron chi connectivity index (χ4n) is 5.21. The number of hydrogen-bond donors (Lipinski definition) is 2. The molecule has 0 saturated heterocycles. The minimum absolute atomic E-state index is 0.104. The zero-order valence-electron chi connectivity index (χ0n) is 12.9. The van der Waals surface area contributed by atoms with Gasteiger partial charge in [0.25, 0.3) is 0 Å². The van der Waals surface area contributed by atoms with E-state index in [1.165, 1.54) is 38.5 Å². The molecule has 0 aromatic heterocycles. The summed E-state index contributed by atoms with van der Waals surface area (Å²) >= 11 is 0. The van der Waals surface area contributed by atoms with Crippen molar-refractivity contribution in [1.29, 1.82) is 0 Å². The summed E-state index contributed by atoms with van der Waals surface area (Å²) in [6.45, 7) is 3.47. The average molecular weight is 279 g/mol. The quantitative estimate of drug-likeness (QED) is 0.829. The number of rotatable bonds is 4. The maximum Gasteiger partial charge on any atom is 0.317 e. The fraction of sp³-hybridized carbons (Fsp3) is 0.938. The van der Waals surface area contributed by atoms with Crippen LogP contribution in [-0.4, -0.2) is 36.6 Å². The van der Waals surface area contributed by atoms with Gasteiger partial charge >= 0.3 is 6.03 Å². The zero-order chi connectivity index (χ0) is 14.3. The first-order chi connectivity index (χ1) is 9.49. The molecule has 4 nitrogen and oxygen atoms in total. The first-order valence-corrected chi connectivity index (χ1v) is 8.23. The Bertz CT molecular complexity index is 347. The van der Waals surface area contributed by atoms with Gasteiger partial charge in [0, 0.05) is 19.1 Å². The molecule has 0 aromatic carbocycles. The van der Waals surface area contributed by atoms with Gasteiger partial charge in [-0.25, -0.2) is 4.79 Å². The second-order valence-electron chi connectivity index (χ2n) is 7.85. The van der Waals surface area contributed by atoms with Crippen molar-refractivity contribution in [3.05, 3.63) is 0 Å². The Morgan fingerprint density at radius 1 is 1.25 bits per heavy atom. The van der Waals surface area contributed by atoms with Crippen LogP contribution in [-0.2, 0) is 0 Å². The topological polar surface area (TPSA) is 58.4 Å². The Morgan fingerprint density at radius 3 is 2.20 bits per heavy atom. The molecular weight excluding hydrogens is 250 g/mol. The summed E-state index contributed by atoms with van der Waals surface area (Å²) in [4.78, 5) is 14.3. The third kappa shape index (κ3) is 2.67. The number of carbonyl (C=O) groups is 1. The lowest BCUT2D eigenvalue weighted by molar-refractivity contribution is -0.0154. The van der Waals surface area contributed by atoms with E-state index < -0.39 is 0 Å². The molecule has 0 spiro atoms. The number of nitrogens with zero attached hydrogens (tertiary/aromatic N) is 1. The summed E-state index contributed by atoms with van der Waals surface area (Å²) in [6, 6.07) is 0.104. The van der Waals surface area contributed by atoms with E-state index in [1.807, 2.05) is 11.9 Å². The van der Waals surface area contributed by atoms with Crippen LogP contribution in [0.15, 0.2) is 0 Å². The maximum absolute atomic E-state index is 12.5. The molecule has 1 unspecified atom stereocenters. The van der Waals surface area contributed by atoms with Gasteiger partial charge in [-0.05, 0) is 68.7 Å². The molecule has 4 aliphatic rings. The lowest BCUT2D eigenvalue weighted by Crippen LogP contribution is -2.61. The van der Waals surface area contributed by atoms with Crippen molar-refractivity contribution in [3.8, 4) is 0 Å². The second-order valence-corrected chi connectivity index (χ2v) is 7.85. The first-order valence-electron chi connectivity index (χ1n) is 8.23. The Labute approximate surface area is 122 Å². The highest BCUT2D eigenvalue weighted by molar-refractivity contribution is 5.75. The summed E-state index contributed by atoms with van der Waals surface area (Å²) in [5.41, 5.74) is 5.77. The van der Waals surface area contributed by atoms with Crippen LogP contribution >= 0.6 is 0 Å². The molecule has 4 heteroatoms. The van der Waals surface area contributed by atoms with Crippen molar-refractivity contribution in [2.75, 3.05) is 20.1 Å². The normalized spacial score (nSPS) is 39.6. The van der Waals surface area contributed by atoms with Crippen molar-refractivity contribution in [1.82, 2.24) is 10.2 Å². The van der Waals surface area contributed by atoms with Gasteiger partial charge in [-0.3, -0.25) is 0 Å². The van der Waals surface area contributed by atoms with Crippen LogP contribution in [0.4, 0.5) is 4.79 Å². The van der Waals surface area contributed by atoms with Gasteiger partial charge in [0.15, 0.2) is 0 Å². The number of amides is 2. The number of carbonyl (C=O) groups excluding carboxylic acids is 1. The molecule has 0 radical (unpaired) electrons. The van der Waals surface area contributed by atoms with Crippen LogP contribution in [0.25, 0.3) is 0 Å². The van der Waals surface area contributed by atoms with Gasteiger partial charge in [-0.15, -0.1) is 0 Å². The predicted octanol–water partition coefficient (Wildman–Crippen LogP) is 2.19. The molecule has 0 heterocycles. The summed E-state index contributed by atoms with van der Waals surface area (Å²) in [7, 11) is 1.89. The zero-order valence-corrected chi connectivity index (χ0v) is 12.9. The summed E-state index contributed by atoms with van der Waals surface area (Å²) in [5, 5.41) is 3.40. The van der Waals surface area contributed by atoms with Crippen molar-refractivity contribution in [2.24, 2.45) is 29.4 Å². The van der Waals surface area contributed by atoms with E-state index in [0.29, 0.717) is 12.5 Å². The molecule has 114 valence electrons. The third-order valence-corrected chi connectivity index (χ3v) is 5.74. The molecule has 4 saturated carbocycles. The molecule has 1 atom stereocenters. The van der Waals surface area contributed by atoms with Crippen molar-refractivity contribution >= 4 is 6.03 Å². The highest BCUT2D eigenvalue weighted by atomic mass is 16.2. The summed E-state index contributed by atoms with van der Waals surface area (Å²) in [5.74, 6) is 2.97. The Hall–Kier alpha value is -0.770. The van der Waals surface area contributed by atoms with Gasteiger partial charge < -0.3 is 16.0 Å². The van der Waals surface area contributed by atoms with Crippen LogP contribution in [0, 0.1) is 23.7 Å². The monoisotopic (exact) mass is 279 g/mol. The Balaban J connectivity index is 1.61. The minimum Gasteiger partial charge on any atom is -0.333 e. The standard InChI is InChI=1S/C16H29N3O/c1-11(9-17)10-19(2)15(20)18-16-6-12-3-13(7-16)5-14(4-12)8-16/h11-14H,3-10,17H2,1-2H3,(H,18,20). The van der Waals surface area contributed by atoms with E-state index >= 15 is 0 Å². The van der Waals surface area contributed by atoms with E-state index in [1.54, 1.807) is 0 Å². The van der Waals surface area contributed by atoms with Crippen LogP contribution in [0.2, 0.25) is 0 Å². The number of nitrogens with one attached hydrogen (secondary N) is 1. The van der Waals surface area contributed by atoms with Crippen LogP contribution in [0.5, 0.6) is 0 Å². The van der Waals surface area contributed by atoms with Crippen molar-refractivity contribution in [3.63, 3.8) is 0 Å². The molecular formula is C16H29N3O. The fourth-order valence-corrected chi connectivity index (χ4v) is 5.21. The van der Waals surface area contributed by atoms with E-state index in [2.05, 4.69) is 12.2 Å². The third-order valence-electron chi connectivity index (χ3n) is 5.74. The molecule has 4 bridgehead atoms. The van der Waals surface area contributed by atoms with Crippen molar-refractivity contribution in [2.45, 2.75) is 51.0 Å². The Kier molecular flexibility index (Phi) is 3.69. The minimum atomic E-state index is 0.104. The van der Waals surface area contributed by atoms with Crippen LogP contribution in [0.1, 0.15) is 45.4 Å². The largest absolute Gasteiger partial charge is 0.333 e. The average Bonchev–Trinajstić information content (AvgIpc) is 2.36. The number of hydrogen-bond acceptors (Lipinski definition) is 2. The maximum atomic E-state index is 12.5. The van der Waals surface area contributed by atoms with Gasteiger partial charge in [-0.2, -0.15) is 0 Å². The summed E-state index contributed by atoms with van der Waals surface area (Å²) in [6.07, 6.45) is 7.88. The van der Waals surface area contributed by atoms with Gasteiger partial charge in [0.1, 0.15) is 0 Å². The van der Waals surface area contributed by atoms with E-state index in [4.69, 9.17) is 5.73 Å². The predicted molar refractivity (Wildman–Crippen MR) is 80.3 cm³/mol. The Morgan fingerprint density at radius 2 is 1.75 bits per heavy atom. The summed E-state index contributed by atoms with van der Waals surface area (Å²) < 4.78 is 0.